The molecule has 0 heterocycles. The maximum absolute atomic E-state index is 12.0. The molecular weight excluding hydrogens is 228 g/mol. The van der Waals surface area contributed by atoms with Crippen molar-refractivity contribution in [1.29, 1.82) is 0 Å². The van der Waals surface area contributed by atoms with Crippen molar-refractivity contribution in [1.82, 2.24) is 10.4 Å². The first-order valence-electron chi connectivity index (χ1n) is 5.99. The van der Waals surface area contributed by atoms with Crippen molar-refractivity contribution >= 4 is 5.91 Å². The van der Waals surface area contributed by atoms with Gasteiger partial charge in [0.15, 0.2) is 0 Å². The van der Waals surface area contributed by atoms with Crippen molar-refractivity contribution in [3.05, 3.63) is 28.8 Å². The van der Waals surface area contributed by atoms with Gasteiger partial charge in [-0.25, -0.2) is 5.01 Å². The Balaban J connectivity index is 3.08. The largest absolute Gasteiger partial charge is 0.496 e. The Labute approximate surface area is 109 Å². The third kappa shape index (κ3) is 3.23. The van der Waals surface area contributed by atoms with Gasteiger partial charge in [-0.1, -0.05) is 6.07 Å². The molecule has 1 amide bonds. The van der Waals surface area contributed by atoms with E-state index in [1.807, 2.05) is 32.9 Å². The Kier molecular flexibility index (Phi) is 4.73. The lowest BCUT2D eigenvalue weighted by Gasteiger charge is -2.19. The number of carbonyl (C=O) groups excluding carboxylic acids is 1. The van der Waals surface area contributed by atoms with Gasteiger partial charge in [0, 0.05) is 19.7 Å². The zero-order valence-electron chi connectivity index (χ0n) is 12.0. The van der Waals surface area contributed by atoms with Gasteiger partial charge in [0.25, 0.3) is 0 Å². The van der Waals surface area contributed by atoms with Crippen LogP contribution in [-0.4, -0.2) is 32.1 Å². The number of hydrogen-bond donors (Lipinski definition) is 1. The highest BCUT2D eigenvalue weighted by Crippen LogP contribution is 2.29. The second-order valence-electron chi connectivity index (χ2n) is 4.77. The molecule has 0 radical (unpaired) electrons. The van der Waals surface area contributed by atoms with Crippen LogP contribution in [0.25, 0.3) is 0 Å². The highest BCUT2D eigenvalue weighted by molar-refractivity contribution is 5.83. The normalized spacial score (nSPS) is 12.4. The molecule has 1 unspecified atom stereocenters. The molecular formula is C14H22N2O2. The van der Waals surface area contributed by atoms with Crippen LogP contribution in [0.3, 0.4) is 0 Å². The fourth-order valence-electron chi connectivity index (χ4n) is 1.79. The van der Waals surface area contributed by atoms with E-state index in [-0.39, 0.29) is 11.8 Å². The molecule has 0 fully saturated rings. The standard InChI is InChI=1S/C14H22N2O2/c1-9-7-12(13(18-6)8-10(9)2)11(3)14(17)15-16(4)5/h7-8,11H,1-6H3,(H,15,17). The molecule has 0 spiro atoms. The van der Waals surface area contributed by atoms with E-state index in [2.05, 4.69) is 5.43 Å². The number of ether oxygens (including phenoxy) is 1. The fourth-order valence-corrected chi connectivity index (χ4v) is 1.79. The molecule has 1 rings (SSSR count). The number of benzene rings is 1. The molecule has 0 aliphatic rings. The number of aryl methyl sites for hydroxylation is 2. The average molecular weight is 250 g/mol. The molecule has 100 valence electrons. The van der Waals surface area contributed by atoms with Crippen LogP contribution in [0.15, 0.2) is 12.1 Å². The minimum atomic E-state index is -0.248. The van der Waals surface area contributed by atoms with Crippen molar-refractivity contribution in [2.45, 2.75) is 26.7 Å². The van der Waals surface area contributed by atoms with Crippen molar-refractivity contribution < 1.29 is 9.53 Å². The van der Waals surface area contributed by atoms with E-state index < -0.39 is 0 Å². The first-order chi connectivity index (χ1) is 8.36. The first kappa shape index (κ1) is 14.5. The van der Waals surface area contributed by atoms with Crippen LogP contribution in [0.4, 0.5) is 0 Å². The van der Waals surface area contributed by atoms with Crippen LogP contribution in [0.5, 0.6) is 5.75 Å². The van der Waals surface area contributed by atoms with E-state index >= 15 is 0 Å². The fraction of sp³-hybridized carbons (Fsp3) is 0.500. The molecule has 0 aliphatic carbocycles. The van der Waals surface area contributed by atoms with Gasteiger partial charge < -0.3 is 4.74 Å². The number of nitrogens with one attached hydrogen (secondary N) is 1. The molecule has 1 aromatic carbocycles. The number of methoxy groups -OCH3 is 1. The van der Waals surface area contributed by atoms with Gasteiger partial charge in [-0.15, -0.1) is 0 Å². The van der Waals surface area contributed by atoms with E-state index in [4.69, 9.17) is 4.74 Å². The summed E-state index contributed by atoms with van der Waals surface area (Å²) in [5.41, 5.74) is 6.01. The summed E-state index contributed by atoms with van der Waals surface area (Å²) in [6, 6.07) is 4.00. The Morgan fingerprint density at radius 1 is 1.28 bits per heavy atom. The van der Waals surface area contributed by atoms with E-state index in [0.29, 0.717) is 0 Å². The van der Waals surface area contributed by atoms with Gasteiger partial charge in [0.05, 0.1) is 13.0 Å². The summed E-state index contributed by atoms with van der Waals surface area (Å²) >= 11 is 0. The molecule has 0 bridgehead atoms. The average Bonchev–Trinajstić information content (AvgIpc) is 2.30. The number of rotatable bonds is 4. The minimum absolute atomic E-state index is 0.0402. The second kappa shape index (κ2) is 5.87. The number of hydrogen-bond acceptors (Lipinski definition) is 3. The van der Waals surface area contributed by atoms with Gasteiger partial charge in [0.2, 0.25) is 5.91 Å². The molecule has 4 nitrogen and oxygen atoms in total. The lowest BCUT2D eigenvalue weighted by atomic mass is 9.95. The lowest BCUT2D eigenvalue weighted by Crippen LogP contribution is -2.38. The van der Waals surface area contributed by atoms with Gasteiger partial charge in [-0.3, -0.25) is 10.2 Å². The van der Waals surface area contributed by atoms with Gasteiger partial charge in [-0.05, 0) is 38.0 Å². The Morgan fingerprint density at radius 2 is 1.83 bits per heavy atom. The first-order valence-corrected chi connectivity index (χ1v) is 5.99. The van der Waals surface area contributed by atoms with Gasteiger partial charge in [0.1, 0.15) is 5.75 Å². The number of hydrazine groups is 1. The summed E-state index contributed by atoms with van der Waals surface area (Å²) in [6.07, 6.45) is 0. The summed E-state index contributed by atoms with van der Waals surface area (Å²) in [4.78, 5) is 12.0. The summed E-state index contributed by atoms with van der Waals surface area (Å²) in [5.74, 6) is 0.475. The Bertz CT molecular complexity index is 442. The SMILES string of the molecule is COc1cc(C)c(C)cc1C(C)C(=O)NN(C)C. The van der Waals surface area contributed by atoms with E-state index in [0.717, 1.165) is 22.4 Å². The molecule has 0 aromatic heterocycles. The summed E-state index contributed by atoms with van der Waals surface area (Å²) in [7, 11) is 5.22. The topological polar surface area (TPSA) is 41.6 Å². The third-order valence-corrected chi connectivity index (χ3v) is 3.04. The van der Waals surface area contributed by atoms with Crippen molar-refractivity contribution in [2.75, 3.05) is 21.2 Å². The van der Waals surface area contributed by atoms with Crippen LogP contribution in [0.2, 0.25) is 0 Å². The molecule has 0 aliphatic heterocycles. The van der Waals surface area contributed by atoms with Crippen LogP contribution in [0.1, 0.15) is 29.5 Å². The van der Waals surface area contributed by atoms with Gasteiger partial charge >= 0.3 is 0 Å². The zero-order chi connectivity index (χ0) is 13.9. The smallest absolute Gasteiger partial charge is 0.241 e. The Morgan fingerprint density at radius 3 is 2.33 bits per heavy atom. The van der Waals surface area contributed by atoms with E-state index in [9.17, 15) is 4.79 Å². The predicted octanol–water partition coefficient (Wildman–Crippen LogP) is 2.01. The van der Waals surface area contributed by atoms with Crippen LogP contribution in [0, 0.1) is 13.8 Å². The molecule has 4 heteroatoms. The number of amides is 1. The van der Waals surface area contributed by atoms with Crippen molar-refractivity contribution in [3.63, 3.8) is 0 Å². The molecule has 0 saturated heterocycles. The lowest BCUT2D eigenvalue weighted by molar-refractivity contribution is -0.126. The molecule has 0 saturated carbocycles. The zero-order valence-corrected chi connectivity index (χ0v) is 12.0. The van der Waals surface area contributed by atoms with Crippen molar-refractivity contribution in [2.24, 2.45) is 0 Å². The molecule has 1 N–H and O–H groups in total. The summed E-state index contributed by atoms with van der Waals surface area (Å²) in [5, 5.41) is 1.65. The molecule has 1 aromatic rings. The predicted molar refractivity (Wildman–Crippen MR) is 72.7 cm³/mol. The van der Waals surface area contributed by atoms with Crippen LogP contribution >= 0.6 is 0 Å². The highest BCUT2D eigenvalue weighted by Gasteiger charge is 2.20. The van der Waals surface area contributed by atoms with Gasteiger partial charge in [-0.2, -0.15) is 0 Å². The molecule has 1 atom stereocenters. The highest BCUT2D eigenvalue weighted by atomic mass is 16.5. The quantitative estimate of drug-likeness (QED) is 0.831. The maximum atomic E-state index is 12.0. The summed E-state index contributed by atoms with van der Waals surface area (Å²) < 4.78 is 5.36. The second-order valence-corrected chi connectivity index (χ2v) is 4.77. The number of carbonyl (C=O) groups is 1. The summed E-state index contributed by atoms with van der Waals surface area (Å²) in [6.45, 7) is 5.95. The Hall–Kier alpha value is -1.55. The maximum Gasteiger partial charge on any atom is 0.241 e. The van der Waals surface area contributed by atoms with E-state index in [1.165, 1.54) is 0 Å². The number of nitrogens with zero attached hydrogens (tertiary/aromatic N) is 1. The monoisotopic (exact) mass is 250 g/mol. The van der Waals surface area contributed by atoms with Crippen LogP contribution < -0.4 is 10.2 Å². The van der Waals surface area contributed by atoms with E-state index in [1.54, 1.807) is 26.2 Å². The molecule has 18 heavy (non-hydrogen) atoms. The third-order valence-electron chi connectivity index (χ3n) is 3.04. The van der Waals surface area contributed by atoms with Crippen LogP contribution in [-0.2, 0) is 4.79 Å². The van der Waals surface area contributed by atoms with Crippen molar-refractivity contribution in [3.8, 4) is 5.75 Å². The minimum Gasteiger partial charge on any atom is -0.496 e.